The summed E-state index contributed by atoms with van der Waals surface area (Å²) in [5, 5.41) is 1.73. The Kier molecular flexibility index (Phi) is 5.33. The number of aryl methyl sites for hydroxylation is 1. The van der Waals surface area contributed by atoms with Gasteiger partial charge in [-0.25, -0.2) is 13.2 Å². The molecule has 0 bridgehead atoms. The minimum absolute atomic E-state index is 0.0122. The van der Waals surface area contributed by atoms with Crippen molar-refractivity contribution < 1.29 is 17.9 Å². The molecule has 0 amide bonds. The van der Waals surface area contributed by atoms with Crippen molar-refractivity contribution in [2.45, 2.75) is 46.0 Å². The molecule has 0 aliphatic heterocycles. The van der Waals surface area contributed by atoms with Gasteiger partial charge in [-0.15, -0.1) is 11.3 Å². The number of hydrogen-bond acceptors (Lipinski definition) is 2. The Hall–Kier alpha value is -2.27. The molecule has 4 aromatic rings. The molecule has 0 atom stereocenters. The van der Waals surface area contributed by atoms with Crippen molar-refractivity contribution >= 4 is 42.3 Å². The van der Waals surface area contributed by atoms with Crippen LogP contribution in [0.15, 0.2) is 30.3 Å². The maximum Gasteiger partial charge on any atom is 0.182 e. The highest BCUT2D eigenvalue weighted by Gasteiger charge is 2.22. The topological polar surface area (TPSA) is 9.23 Å². The normalized spacial score (nSPS) is 19.5. The molecule has 1 saturated carbocycles. The Bertz CT molecular complexity index is 1290. The number of fused-ring (bicyclic) bond motifs is 4. The predicted octanol–water partition coefficient (Wildman–Crippen LogP) is 8.39. The molecule has 1 aliphatic rings. The van der Waals surface area contributed by atoms with Gasteiger partial charge >= 0.3 is 0 Å². The van der Waals surface area contributed by atoms with E-state index in [-0.39, 0.29) is 15.8 Å². The molecular formula is C26H25F3OS. The summed E-state index contributed by atoms with van der Waals surface area (Å²) in [6, 6.07) is 8.62. The van der Waals surface area contributed by atoms with Crippen LogP contribution < -0.4 is 4.74 Å². The second-order valence-corrected chi connectivity index (χ2v) is 9.87. The number of ether oxygens (including phenoxy) is 1. The van der Waals surface area contributed by atoms with E-state index in [1.807, 2.05) is 6.92 Å². The summed E-state index contributed by atoms with van der Waals surface area (Å²) in [6.07, 6.45) is 5.08. The van der Waals surface area contributed by atoms with Crippen LogP contribution in [0.5, 0.6) is 5.75 Å². The van der Waals surface area contributed by atoms with Crippen molar-refractivity contribution in [2.24, 2.45) is 11.8 Å². The number of thiophene rings is 1. The van der Waals surface area contributed by atoms with Gasteiger partial charge in [-0.1, -0.05) is 38.8 Å². The zero-order valence-corrected chi connectivity index (χ0v) is 18.6. The molecular weight excluding hydrogens is 417 g/mol. The van der Waals surface area contributed by atoms with Crippen molar-refractivity contribution in [3.8, 4) is 5.75 Å². The van der Waals surface area contributed by atoms with Crippen molar-refractivity contribution in [1.29, 1.82) is 0 Å². The first kappa shape index (κ1) is 20.6. The van der Waals surface area contributed by atoms with Gasteiger partial charge in [-0.2, -0.15) is 0 Å². The van der Waals surface area contributed by atoms with Crippen molar-refractivity contribution in [3.05, 3.63) is 53.3 Å². The van der Waals surface area contributed by atoms with Crippen molar-refractivity contribution in [1.82, 2.24) is 0 Å². The van der Waals surface area contributed by atoms with Gasteiger partial charge in [0.25, 0.3) is 0 Å². The molecule has 0 unspecified atom stereocenters. The fraction of sp³-hybridized carbons (Fsp3) is 0.385. The Labute approximate surface area is 183 Å². The van der Waals surface area contributed by atoms with Crippen LogP contribution in [0.4, 0.5) is 13.2 Å². The molecule has 0 radical (unpaired) electrons. The van der Waals surface area contributed by atoms with Gasteiger partial charge in [0, 0.05) is 10.8 Å². The van der Waals surface area contributed by atoms with Crippen LogP contribution >= 0.6 is 11.3 Å². The molecule has 0 N–H and O–H groups in total. The molecule has 1 heterocycles. The summed E-state index contributed by atoms with van der Waals surface area (Å²) in [5.74, 6) is -0.176. The standard InChI is InChI=1S/C26H25F3OS/c1-3-16-8-9-17-12-19-18-10-11-20(30-13-15-6-4-14(2)5-7-15)23(28)25(18)31-26(19)24(29)21(17)22(16)27/h8-12,14-15H,3-7,13H2,1-2H3. The Balaban J connectivity index is 1.56. The van der Waals surface area contributed by atoms with E-state index in [4.69, 9.17) is 4.74 Å². The van der Waals surface area contributed by atoms with Crippen molar-refractivity contribution in [2.75, 3.05) is 6.61 Å². The first-order valence-corrected chi connectivity index (χ1v) is 11.9. The monoisotopic (exact) mass is 442 g/mol. The molecule has 5 heteroatoms. The van der Waals surface area contributed by atoms with Crippen LogP contribution in [-0.4, -0.2) is 6.61 Å². The van der Waals surface area contributed by atoms with Gasteiger partial charge in [0.05, 0.1) is 21.4 Å². The van der Waals surface area contributed by atoms with Crippen LogP contribution in [0.3, 0.4) is 0 Å². The van der Waals surface area contributed by atoms with Gasteiger partial charge in [0.15, 0.2) is 17.4 Å². The number of benzene rings is 3. The molecule has 1 fully saturated rings. The lowest BCUT2D eigenvalue weighted by atomic mass is 9.83. The highest BCUT2D eigenvalue weighted by molar-refractivity contribution is 7.26. The van der Waals surface area contributed by atoms with Gasteiger partial charge in [0.2, 0.25) is 0 Å². The Morgan fingerprint density at radius 2 is 1.65 bits per heavy atom. The number of rotatable bonds is 4. The molecule has 3 aromatic carbocycles. The van der Waals surface area contributed by atoms with E-state index in [9.17, 15) is 4.39 Å². The summed E-state index contributed by atoms with van der Waals surface area (Å²) in [4.78, 5) is 0. The summed E-state index contributed by atoms with van der Waals surface area (Å²) < 4.78 is 52.0. The lowest BCUT2D eigenvalue weighted by Crippen LogP contribution is -2.19. The lowest BCUT2D eigenvalue weighted by molar-refractivity contribution is 0.183. The van der Waals surface area contributed by atoms with Crippen LogP contribution in [0.1, 0.15) is 45.1 Å². The predicted molar refractivity (Wildman–Crippen MR) is 123 cm³/mol. The van der Waals surface area contributed by atoms with Crippen LogP contribution in [0.2, 0.25) is 0 Å². The Morgan fingerprint density at radius 3 is 2.39 bits per heavy atom. The minimum Gasteiger partial charge on any atom is -0.490 e. The van der Waals surface area contributed by atoms with E-state index in [2.05, 4.69) is 6.92 Å². The third-order valence-corrected chi connectivity index (χ3v) is 7.97. The Morgan fingerprint density at radius 1 is 0.903 bits per heavy atom. The minimum atomic E-state index is -0.611. The SMILES string of the molecule is CCc1ccc2cc3c(sc4c(F)c(OCC5CCC(C)CC5)ccc43)c(F)c2c1F. The van der Waals surface area contributed by atoms with Gasteiger partial charge in [0.1, 0.15) is 5.82 Å². The summed E-state index contributed by atoms with van der Waals surface area (Å²) in [7, 11) is 0. The quantitative estimate of drug-likeness (QED) is 0.308. The third-order valence-electron chi connectivity index (χ3n) is 6.76. The largest absolute Gasteiger partial charge is 0.490 e. The summed E-state index contributed by atoms with van der Waals surface area (Å²) >= 11 is 1.03. The molecule has 0 spiro atoms. The smallest absolute Gasteiger partial charge is 0.182 e. The van der Waals surface area contributed by atoms with E-state index in [1.54, 1.807) is 30.3 Å². The molecule has 0 saturated heterocycles. The third kappa shape index (κ3) is 3.47. The zero-order valence-electron chi connectivity index (χ0n) is 17.7. The second kappa shape index (κ2) is 8.01. The lowest BCUT2D eigenvalue weighted by Gasteiger charge is -2.26. The summed E-state index contributed by atoms with van der Waals surface area (Å²) in [5.41, 5.74) is 0.478. The van der Waals surface area contributed by atoms with Gasteiger partial charge < -0.3 is 4.74 Å². The molecule has 162 valence electrons. The number of hydrogen-bond donors (Lipinski definition) is 0. The molecule has 5 rings (SSSR count). The van der Waals surface area contributed by atoms with Crippen molar-refractivity contribution in [3.63, 3.8) is 0 Å². The van der Waals surface area contributed by atoms with Crippen LogP contribution in [0, 0.1) is 29.3 Å². The van der Waals surface area contributed by atoms with Gasteiger partial charge in [-0.3, -0.25) is 0 Å². The number of halogens is 3. The molecule has 1 nitrogen and oxygen atoms in total. The van der Waals surface area contributed by atoms with E-state index in [0.717, 1.165) is 30.1 Å². The molecule has 31 heavy (non-hydrogen) atoms. The van der Waals surface area contributed by atoms with E-state index in [1.165, 1.54) is 12.8 Å². The first-order valence-electron chi connectivity index (χ1n) is 11.0. The molecule has 1 aromatic heterocycles. The first-order chi connectivity index (χ1) is 15.0. The fourth-order valence-electron chi connectivity index (χ4n) is 4.77. The maximum absolute atomic E-state index is 15.4. The second-order valence-electron chi connectivity index (χ2n) is 8.85. The fourth-order valence-corrected chi connectivity index (χ4v) is 5.92. The molecule has 1 aliphatic carbocycles. The van der Waals surface area contributed by atoms with E-state index < -0.39 is 17.5 Å². The maximum atomic E-state index is 15.4. The zero-order chi connectivity index (χ0) is 21.7. The van der Waals surface area contributed by atoms with Crippen LogP contribution in [0.25, 0.3) is 30.9 Å². The highest BCUT2D eigenvalue weighted by Crippen LogP contribution is 2.43. The van der Waals surface area contributed by atoms with Gasteiger partial charge in [-0.05, 0) is 60.2 Å². The van der Waals surface area contributed by atoms with E-state index >= 15 is 8.78 Å². The average Bonchev–Trinajstić information content (AvgIpc) is 3.14. The summed E-state index contributed by atoms with van der Waals surface area (Å²) in [6.45, 7) is 4.61. The van der Waals surface area contributed by atoms with E-state index in [0.29, 0.717) is 45.4 Å². The van der Waals surface area contributed by atoms with Crippen LogP contribution in [-0.2, 0) is 6.42 Å². The average molecular weight is 443 g/mol. The highest BCUT2D eigenvalue weighted by atomic mass is 32.1.